The fraction of sp³-hybridized carbons (Fsp3) is 0.706. The van der Waals surface area contributed by atoms with E-state index in [1.54, 1.807) is 12.3 Å². The third-order valence-electron chi connectivity index (χ3n) is 5.09. The Morgan fingerprint density at radius 2 is 2.27 bits per heavy atom. The van der Waals surface area contributed by atoms with Crippen LogP contribution in [0.2, 0.25) is 0 Å². The Balaban J connectivity index is 1.46. The molecule has 122 valence electrons. The Bertz CT molecular complexity index is 512. The quantitative estimate of drug-likeness (QED) is 0.890. The number of furan rings is 1. The fourth-order valence-corrected chi connectivity index (χ4v) is 3.66. The van der Waals surface area contributed by atoms with E-state index in [1.165, 1.54) is 13.0 Å². The summed E-state index contributed by atoms with van der Waals surface area (Å²) in [5, 5.41) is 6.61. The average molecular weight is 305 g/mol. The SMILES string of the molecule is Cc1occc1C(=O)NC1CCN(CC2(C)CCNC2)CC1. The van der Waals surface area contributed by atoms with Crippen molar-refractivity contribution in [2.45, 2.75) is 39.2 Å². The molecule has 5 nitrogen and oxygen atoms in total. The van der Waals surface area contributed by atoms with Gasteiger partial charge in [0.15, 0.2) is 0 Å². The smallest absolute Gasteiger partial charge is 0.255 e. The number of likely N-dealkylation sites (tertiary alicyclic amines) is 1. The molecule has 2 N–H and O–H groups in total. The number of hydrogen-bond donors (Lipinski definition) is 2. The molecule has 1 atom stereocenters. The van der Waals surface area contributed by atoms with E-state index >= 15 is 0 Å². The van der Waals surface area contributed by atoms with Crippen LogP contribution in [-0.4, -0.2) is 49.6 Å². The van der Waals surface area contributed by atoms with Gasteiger partial charge in [-0.1, -0.05) is 6.92 Å². The van der Waals surface area contributed by atoms with Crippen molar-refractivity contribution in [1.82, 2.24) is 15.5 Å². The van der Waals surface area contributed by atoms with Crippen molar-refractivity contribution in [2.75, 3.05) is 32.7 Å². The van der Waals surface area contributed by atoms with Crippen LogP contribution in [0.1, 0.15) is 42.3 Å². The van der Waals surface area contributed by atoms with Gasteiger partial charge in [-0.15, -0.1) is 0 Å². The molecule has 0 spiro atoms. The van der Waals surface area contributed by atoms with E-state index in [0.717, 1.165) is 39.0 Å². The second-order valence-corrected chi connectivity index (χ2v) is 7.15. The average Bonchev–Trinajstić information content (AvgIpc) is 3.10. The summed E-state index contributed by atoms with van der Waals surface area (Å²) in [6.45, 7) is 9.80. The Labute approximate surface area is 132 Å². The molecule has 2 aliphatic heterocycles. The molecule has 22 heavy (non-hydrogen) atoms. The molecule has 0 radical (unpaired) electrons. The van der Waals surface area contributed by atoms with Gasteiger partial charge in [-0.3, -0.25) is 4.79 Å². The number of amides is 1. The number of carbonyl (C=O) groups excluding carboxylic acids is 1. The van der Waals surface area contributed by atoms with Crippen LogP contribution >= 0.6 is 0 Å². The van der Waals surface area contributed by atoms with Crippen molar-refractivity contribution in [1.29, 1.82) is 0 Å². The first-order chi connectivity index (χ1) is 10.6. The molecule has 1 unspecified atom stereocenters. The molecular formula is C17H27N3O2. The van der Waals surface area contributed by atoms with Crippen molar-refractivity contribution >= 4 is 5.91 Å². The van der Waals surface area contributed by atoms with Crippen LogP contribution in [0.4, 0.5) is 0 Å². The molecule has 0 bridgehead atoms. The monoisotopic (exact) mass is 305 g/mol. The number of nitrogens with one attached hydrogen (secondary N) is 2. The van der Waals surface area contributed by atoms with Gasteiger partial charge in [0.25, 0.3) is 5.91 Å². The van der Waals surface area contributed by atoms with Crippen molar-refractivity contribution in [3.05, 3.63) is 23.7 Å². The topological polar surface area (TPSA) is 57.5 Å². The first-order valence-electron chi connectivity index (χ1n) is 8.34. The summed E-state index contributed by atoms with van der Waals surface area (Å²) >= 11 is 0. The Morgan fingerprint density at radius 3 is 2.86 bits per heavy atom. The van der Waals surface area contributed by atoms with Crippen LogP contribution < -0.4 is 10.6 Å². The summed E-state index contributed by atoms with van der Waals surface area (Å²) < 4.78 is 5.20. The highest BCUT2D eigenvalue weighted by Crippen LogP contribution is 2.27. The minimum absolute atomic E-state index is 0.00310. The van der Waals surface area contributed by atoms with Crippen LogP contribution in [0, 0.1) is 12.3 Å². The van der Waals surface area contributed by atoms with Crippen molar-refractivity contribution in [3.8, 4) is 0 Å². The molecule has 3 heterocycles. The van der Waals surface area contributed by atoms with Gasteiger partial charge in [-0.05, 0) is 44.2 Å². The summed E-state index contributed by atoms with van der Waals surface area (Å²) in [5.41, 5.74) is 1.08. The molecule has 2 aliphatic rings. The minimum Gasteiger partial charge on any atom is -0.469 e. The highest BCUT2D eigenvalue weighted by Gasteiger charge is 2.32. The number of hydrogen-bond acceptors (Lipinski definition) is 4. The Kier molecular flexibility index (Phi) is 4.54. The van der Waals surface area contributed by atoms with Gasteiger partial charge in [0.05, 0.1) is 11.8 Å². The lowest BCUT2D eigenvalue weighted by atomic mass is 9.88. The maximum absolute atomic E-state index is 12.2. The summed E-state index contributed by atoms with van der Waals surface area (Å²) in [6, 6.07) is 2.03. The van der Waals surface area contributed by atoms with Crippen LogP contribution in [0.3, 0.4) is 0 Å². The zero-order valence-electron chi connectivity index (χ0n) is 13.7. The highest BCUT2D eigenvalue weighted by atomic mass is 16.3. The largest absolute Gasteiger partial charge is 0.469 e. The van der Waals surface area contributed by atoms with Gasteiger partial charge in [0, 0.05) is 32.2 Å². The van der Waals surface area contributed by atoms with E-state index < -0.39 is 0 Å². The molecule has 1 aromatic rings. The Morgan fingerprint density at radius 1 is 1.50 bits per heavy atom. The number of nitrogens with zero attached hydrogens (tertiary/aromatic N) is 1. The number of rotatable bonds is 4. The number of carbonyl (C=O) groups is 1. The number of aryl methyl sites for hydroxylation is 1. The molecule has 0 aliphatic carbocycles. The predicted molar refractivity (Wildman–Crippen MR) is 86.0 cm³/mol. The molecule has 3 rings (SSSR count). The molecule has 1 aromatic heterocycles. The van der Waals surface area contributed by atoms with Gasteiger partial charge in [0.2, 0.25) is 0 Å². The third kappa shape index (κ3) is 3.52. The molecule has 2 fully saturated rings. The molecular weight excluding hydrogens is 278 g/mol. The van der Waals surface area contributed by atoms with E-state index in [9.17, 15) is 4.79 Å². The zero-order chi connectivity index (χ0) is 15.6. The predicted octanol–water partition coefficient (Wildman–Crippen LogP) is 1.78. The van der Waals surface area contributed by atoms with E-state index in [1.807, 2.05) is 6.92 Å². The molecule has 5 heteroatoms. The third-order valence-corrected chi connectivity index (χ3v) is 5.09. The van der Waals surface area contributed by atoms with E-state index in [-0.39, 0.29) is 11.9 Å². The first kappa shape index (κ1) is 15.6. The van der Waals surface area contributed by atoms with Crippen LogP contribution in [0.25, 0.3) is 0 Å². The van der Waals surface area contributed by atoms with E-state index in [2.05, 4.69) is 22.5 Å². The lowest BCUT2D eigenvalue weighted by Gasteiger charge is -2.37. The summed E-state index contributed by atoms with van der Waals surface area (Å²) in [6.07, 6.45) is 4.91. The van der Waals surface area contributed by atoms with Crippen LogP contribution in [-0.2, 0) is 0 Å². The van der Waals surface area contributed by atoms with Gasteiger partial charge in [-0.25, -0.2) is 0 Å². The summed E-state index contributed by atoms with van der Waals surface area (Å²) in [5.74, 6) is 0.688. The maximum Gasteiger partial charge on any atom is 0.255 e. The summed E-state index contributed by atoms with van der Waals surface area (Å²) in [7, 11) is 0. The van der Waals surface area contributed by atoms with Crippen LogP contribution in [0.15, 0.2) is 16.7 Å². The fourth-order valence-electron chi connectivity index (χ4n) is 3.66. The number of piperidine rings is 1. The molecule has 0 aromatic carbocycles. The van der Waals surface area contributed by atoms with Crippen molar-refractivity contribution in [3.63, 3.8) is 0 Å². The summed E-state index contributed by atoms with van der Waals surface area (Å²) in [4.78, 5) is 14.8. The lowest BCUT2D eigenvalue weighted by Crippen LogP contribution is -2.47. The van der Waals surface area contributed by atoms with E-state index in [0.29, 0.717) is 16.7 Å². The van der Waals surface area contributed by atoms with E-state index in [4.69, 9.17) is 4.42 Å². The molecule has 0 saturated carbocycles. The van der Waals surface area contributed by atoms with Gasteiger partial charge in [-0.2, -0.15) is 0 Å². The normalized spacial score (nSPS) is 27.2. The van der Waals surface area contributed by atoms with Gasteiger partial charge in [0.1, 0.15) is 5.76 Å². The lowest BCUT2D eigenvalue weighted by molar-refractivity contribution is 0.0890. The van der Waals surface area contributed by atoms with Crippen LogP contribution in [0.5, 0.6) is 0 Å². The van der Waals surface area contributed by atoms with Gasteiger partial charge >= 0.3 is 0 Å². The van der Waals surface area contributed by atoms with Crippen molar-refractivity contribution < 1.29 is 9.21 Å². The second kappa shape index (κ2) is 6.42. The highest BCUT2D eigenvalue weighted by molar-refractivity contribution is 5.95. The standard InChI is InChI=1S/C17H27N3O2/c1-13-15(5-10-22-13)16(21)19-14-3-8-20(9-4-14)12-17(2)6-7-18-11-17/h5,10,14,18H,3-4,6-9,11-12H2,1-2H3,(H,19,21). The zero-order valence-corrected chi connectivity index (χ0v) is 13.7. The Hall–Kier alpha value is -1.33. The van der Waals surface area contributed by atoms with Crippen molar-refractivity contribution in [2.24, 2.45) is 5.41 Å². The molecule has 2 saturated heterocycles. The molecule has 1 amide bonds. The van der Waals surface area contributed by atoms with Gasteiger partial charge < -0.3 is 20.0 Å². The minimum atomic E-state index is -0.00310. The first-order valence-corrected chi connectivity index (χ1v) is 8.34. The maximum atomic E-state index is 12.2. The second-order valence-electron chi connectivity index (χ2n) is 7.15.